The maximum atomic E-state index is 12.5. The highest BCUT2D eigenvalue weighted by atomic mass is 32.2. The van der Waals surface area contributed by atoms with Crippen LogP contribution in [0.15, 0.2) is 59.5 Å². The summed E-state index contributed by atoms with van der Waals surface area (Å²) >= 11 is 0. The molecule has 1 saturated heterocycles. The molecule has 3 rings (SSSR count). The van der Waals surface area contributed by atoms with E-state index in [1.807, 2.05) is 30.3 Å². The first-order valence-corrected chi connectivity index (χ1v) is 9.92. The van der Waals surface area contributed by atoms with Crippen LogP contribution in [0.2, 0.25) is 0 Å². The van der Waals surface area contributed by atoms with Crippen molar-refractivity contribution < 1.29 is 8.42 Å². The summed E-state index contributed by atoms with van der Waals surface area (Å²) in [6.07, 6.45) is 1.75. The predicted molar refractivity (Wildman–Crippen MR) is 96.3 cm³/mol. The van der Waals surface area contributed by atoms with Crippen LogP contribution in [0, 0.1) is 0 Å². The van der Waals surface area contributed by atoms with Crippen molar-refractivity contribution in [1.29, 1.82) is 0 Å². The molecule has 1 aliphatic heterocycles. The van der Waals surface area contributed by atoms with Gasteiger partial charge in [0.05, 0.1) is 4.90 Å². The Bertz CT molecular complexity index is 758. The molecule has 1 N–H and O–H groups in total. The van der Waals surface area contributed by atoms with E-state index in [9.17, 15) is 8.42 Å². The number of nitrogens with zero attached hydrogens (tertiary/aromatic N) is 1. The molecule has 128 valence electrons. The number of rotatable bonds is 6. The first kappa shape index (κ1) is 17.1. The van der Waals surface area contributed by atoms with Crippen LogP contribution < -0.4 is 4.72 Å². The number of hydrogen-bond donors (Lipinski definition) is 1. The minimum atomic E-state index is -3.44. The SMILES string of the molecule is CCc1ccc(S(=O)(=O)NC2CCN(Cc3ccccc3)C2)cc1. The molecule has 1 heterocycles. The van der Waals surface area contributed by atoms with Crippen LogP contribution in [0.5, 0.6) is 0 Å². The van der Waals surface area contributed by atoms with Crippen molar-refractivity contribution in [1.82, 2.24) is 9.62 Å². The summed E-state index contributed by atoms with van der Waals surface area (Å²) < 4.78 is 27.9. The van der Waals surface area contributed by atoms with Gasteiger partial charge in [-0.25, -0.2) is 13.1 Å². The first-order chi connectivity index (χ1) is 11.6. The Kier molecular flexibility index (Phi) is 5.33. The van der Waals surface area contributed by atoms with E-state index in [0.29, 0.717) is 4.90 Å². The minimum absolute atomic E-state index is 0.0236. The number of nitrogens with one attached hydrogen (secondary N) is 1. The summed E-state index contributed by atoms with van der Waals surface area (Å²) in [6, 6.07) is 17.4. The van der Waals surface area contributed by atoms with E-state index in [4.69, 9.17) is 0 Å². The number of sulfonamides is 1. The van der Waals surface area contributed by atoms with Crippen LogP contribution in [-0.4, -0.2) is 32.4 Å². The van der Waals surface area contributed by atoms with E-state index in [1.54, 1.807) is 12.1 Å². The smallest absolute Gasteiger partial charge is 0.240 e. The average molecular weight is 344 g/mol. The van der Waals surface area contributed by atoms with E-state index in [0.717, 1.165) is 38.0 Å². The zero-order valence-electron chi connectivity index (χ0n) is 14.0. The van der Waals surface area contributed by atoms with Gasteiger partial charge in [-0.05, 0) is 36.1 Å². The Hall–Kier alpha value is -1.69. The molecular formula is C19H24N2O2S. The molecule has 4 nitrogen and oxygen atoms in total. The van der Waals surface area contributed by atoms with Crippen molar-refractivity contribution >= 4 is 10.0 Å². The highest BCUT2D eigenvalue weighted by Crippen LogP contribution is 2.17. The van der Waals surface area contributed by atoms with Gasteiger partial charge in [0.2, 0.25) is 10.0 Å². The molecule has 1 aliphatic rings. The standard InChI is InChI=1S/C19H24N2O2S/c1-2-16-8-10-19(11-9-16)24(22,23)20-18-12-13-21(15-18)14-17-6-4-3-5-7-17/h3-11,18,20H,2,12-15H2,1H3. The molecule has 0 saturated carbocycles. The van der Waals surface area contributed by atoms with Crippen molar-refractivity contribution in [3.05, 3.63) is 65.7 Å². The van der Waals surface area contributed by atoms with Crippen molar-refractivity contribution in [3.63, 3.8) is 0 Å². The van der Waals surface area contributed by atoms with Crippen LogP contribution >= 0.6 is 0 Å². The molecular weight excluding hydrogens is 320 g/mol. The molecule has 2 aromatic carbocycles. The van der Waals surface area contributed by atoms with Gasteiger partial charge in [-0.3, -0.25) is 4.90 Å². The second-order valence-electron chi connectivity index (χ2n) is 6.33. The Morgan fingerprint density at radius 1 is 1.04 bits per heavy atom. The molecule has 0 aromatic heterocycles. The van der Waals surface area contributed by atoms with E-state index in [2.05, 4.69) is 28.7 Å². The lowest BCUT2D eigenvalue weighted by Gasteiger charge is -2.17. The van der Waals surface area contributed by atoms with E-state index < -0.39 is 10.0 Å². The second kappa shape index (κ2) is 7.47. The van der Waals surface area contributed by atoms with Gasteiger partial charge in [-0.2, -0.15) is 0 Å². The monoisotopic (exact) mass is 344 g/mol. The maximum absolute atomic E-state index is 12.5. The van der Waals surface area contributed by atoms with Gasteiger partial charge in [0.15, 0.2) is 0 Å². The van der Waals surface area contributed by atoms with Crippen molar-refractivity contribution in [3.8, 4) is 0 Å². The lowest BCUT2D eigenvalue weighted by molar-refractivity contribution is 0.324. The lowest BCUT2D eigenvalue weighted by Crippen LogP contribution is -2.36. The van der Waals surface area contributed by atoms with Crippen LogP contribution in [0.25, 0.3) is 0 Å². The second-order valence-corrected chi connectivity index (χ2v) is 8.04. The highest BCUT2D eigenvalue weighted by Gasteiger charge is 2.27. The lowest BCUT2D eigenvalue weighted by atomic mass is 10.2. The van der Waals surface area contributed by atoms with Crippen LogP contribution in [-0.2, 0) is 23.0 Å². The topological polar surface area (TPSA) is 49.4 Å². The summed E-state index contributed by atoms with van der Waals surface area (Å²) in [7, 11) is -3.44. The molecule has 0 spiro atoms. The molecule has 0 aliphatic carbocycles. The quantitative estimate of drug-likeness (QED) is 0.877. The minimum Gasteiger partial charge on any atom is -0.297 e. The zero-order valence-corrected chi connectivity index (χ0v) is 14.8. The molecule has 1 fully saturated rings. The summed E-state index contributed by atoms with van der Waals surface area (Å²) in [5.74, 6) is 0. The van der Waals surface area contributed by atoms with Gasteiger partial charge < -0.3 is 0 Å². The molecule has 2 aromatic rings. The molecule has 0 radical (unpaired) electrons. The fourth-order valence-electron chi connectivity index (χ4n) is 3.11. The van der Waals surface area contributed by atoms with Gasteiger partial charge >= 0.3 is 0 Å². The Morgan fingerprint density at radius 2 is 1.75 bits per heavy atom. The Balaban J connectivity index is 1.59. The molecule has 0 amide bonds. The van der Waals surface area contributed by atoms with E-state index in [1.165, 1.54) is 5.56 Å². The van der Waals surface area contributed by atoms with Crippen molar-refractivity contribution in [2.24, 2.45) is 0 Å². The maximum Gasteiger partial charge on any atom is 0.240 e. The normalized spacial score (nSPS) is 18.8. The molecule has 5 heteroatoms. The third kappa shape index (κ3) is 4.23. The Morgan fingerprint density at radius 3 is 2.42 bits per heavy atom. The summed E-state index contributed by atoms with van der Waals surface area (Å²) in [4.78, 5) is 2.64. The van der Waals surface area contributed by atoms with Gasteiger partial charge in [0, 0.05) is 25.7 Å². The number of aryl methyl sites for hydroxylation is 1. The average Bonchev–Trinajstić information content (AvgIpc) is 3.02. The molecule has 1 atom stereocenters. The first-order valence-electron chi connectivity index (χ1n) is 8.44. The van der Waals surface area contributed by atoms with Gasteiger partial charge in [-0.15, -0.1) is 0 Å². The third-order valence-corrected chi connectivity index (χ3v) is 6.02. The van der Waals surface area contributed by atoms with Crippen LogP contribution in [0.4, 0.5) is 0 Å². The fourth-order valence-corrected chi connectivity index (χ4v) is 4.37. The van der Waals surface area contributed by atoms with E-state index >= 15 is 0 Å². The van der Waals surface area contributed by atoms with Crippen LogP contribution in [0.3, 0.4) is 0 Å². The summed E-state index contributed by atoms with van der Waals surface area (Å²) in [6.45, 7) is 4.59. The van der Waals surface area contributed by atoms with Crippen molar-refractivity contribution in [2.45, 2.75) is 37.2 Å². The highest BCUT2D eigenvalue weighted by molar-refractivity contribution is 7.89. The third-order valence-electron chi connectivity index (χ3n) is 4.49. The number of likely N-dealkylation sites (tertiary alicyclic amines) is 1. The number of benzene rings is 2. The Labute approximate surface area is 144 Å². The predicted octanol–water partition coefficient (Wildman–Crippen LogP) is 2.80. The van der Waals surface area contributed by atoms with Gasteiger partial charge in [0.1, 0.15) is 0 Å². The van der Waals surface area contributed by atoms with Gasteiger partial charge in [-0.1, -0.05) is 49.4 Å². The zero-order chi connectivity index (χ0) is 17.0. The summed E-state index contributed by atoms with van der Waals surface area (Å²) in [5, 5.41) is 0. The van der Waals surface area contributed by atoms with Crippen molar-refractivity contribution in [2.75, 3.05) is 13.1 Å². The molecule has 1 unspecified atom stereocenters. The molecule has 0 bridgehead atoms. The van der Waals surface area contributed by atoms with Crippen LogP contribution in [0.1, 0.15) is 24.5 Å². The number of hydrogen-bond acceptors (Lipinski definition) is 3. The summed E-state index contributed by atoms with van der Waals surface area (Å²) in [5.41, 5.74) is 2.40. The fraction of sp³-hybridized carbons (Fsp3) is 0.368. The van der Waals surface area contributed by atoms with E-state index in [-0.39, 0.29) is 6.04 Å². The largest absolute Gasteiger partial charge is 0.297 e. The molecule has 24 heavy (non-hydrogen) atoms. The van der Waals surface area contributed by atoms with Gasteiger partial charge in [0.25, 0.3) is 0 Å².